The summed E-state index contributed by atoms with van der Waals surface area (Å²) in [4.78, 5) is 8.40. The first-order valence-electron chi connectivity index (χ1n) is 9.09. The minimum atomic E-state index is -4.02. The van der Waals surface area contributed by atoms with Crippen molar-refractivity contribution in [3.8, 4) is 0 Å². The van der Waals surface area contributed by atoms with Crippen LogP contribution in [0.2, 0.25) is 0 Å². The molecule has 0 N–H and O–H groups in total. The summed E-state index contributed by atoms with van der Waals surface area (Å²) < 4.78 is 56.3. The molecule has 0 saturated carbocycles. The summed E-state index contributed by atoms with van der Waals surface area (Å²) in [6.07, 6.45) is 3.23. The zero-order chi connectivity index (χ0) is 19.9. The average molecular weight is 406 g/mol. The van der Waals surface area contributed by atoms with Gasteiger partial charge in [-0.3, -0.25) is 0 Å². The van der Waals surface area contributed by atoms with Gasteiger partial charge in [-0.05, 0) is 49.9 Å². The third kappa shape index (κ3) is 3.40. The maximum atomic E-state index is 14.1. The molecule has 28 heavy (non-hydrogen) atoms. The van der Waals surface area contributed by atoms with E-state index in [1.807, 2.05) is 23.6 Å². The number of nitrogens with zero attached hydrogens (tertiary/aromatic N) is 4. The van der Waals surface area contributed by atoms with Gasteiger partial charge in [0.15, 0.2) is 5.65 Å². The molecule has 1 aliphatic heterocycles. The molecule has 0 aliphatic carbocycles. The fraction of sp³-hybridized carbons (Fsp3) is 0.368. The monoisotopic (exact) mass is 406 g/mol. The minimum absolute atomic E-state index is 0.0464. The first-order valence-corrected chi connectivity index (χ1v) is 10.5. The van der Waals surface area contributed by atoms with Gasteiger partial charge in [-0.25, -0.2) is 27.2 Å². The molecule has 1 saturated heterocycles. The number of halogens is 2. The number of hydrogen-bond acceptors (Lipinski definition) is 4. The Kier molecular flexibility index (Phi) is 4.88. The molecular weight excluding hydrogens is 386 g/mol. The fourth-order valence-corrected chi connectivity index (χ4v) is 5.37. The van der Waals surface area contributed by atoms with Gasteiger partial charge < -0.3 is 4.57 Å². The standard InChI is InChI=1S/C19H20F2N4O2S/c1-13-23-17-5-2-8-22-19(17)25(13)12-14-4-3-9-24(11-14)28(26,27)18-7-6-15(20)10-16(18)21/h2,5-8,10,14H,3-4,9,11-12H2,1H3. The summed E-state index contributed by atoms with van der Waals surface area (Å²) in [6, 6.07) is 6.26. The van der Waals surface area contributed by atoms with Gasteiger partial charge >= 0.3 is 0 Å². The van der Waals surface area contributed by atoms with Crippen molar-refractivity contribution >= 4 is 21.2 Å². The fourth-order valence-electron chi connectivity index (χ4n) is 3.77. The van der Waals surface area contributed by atoms with Crippen LogP contribution < -0.4 is 0 Å². The van der Waals surface area contributed by atoms with E-state index in [4.69, 9.17) is 0 Å². The van der Waals surface area contributed by atoms with Gasteiger partial charge in [0, 0.05) is 31.9 Å². The lowest BCUT2D eigenvalue weighted by atomic mass is 9.99. The number of sulfonamides is 1. The highest BCUT2D eigenvalue weighted by molar-refractivity contribution is 7.89. The van der Waals surface area contributed by atoms with Gasteiger partial charge in [0.25, 0.3) is 0 Å². The van der Waals surface area contributed by atoms with E-state index in [9.17, 15) is 17.2 Å². The molecule has 1 unspecified atom stereocenters. The Balaban J connectivity index is 1.58. The van der Waals surface area contributed by atoms with E-state index in [1.54, 1.807) is 6.20 Å². The zero-order valence-electron chi connectivity index (χ0n) is 15.3. The van der Waals surface area contributed by atoms with E-state index in [0.717, 1.165) is 35.5 Å². The lowest BCUT2D eigenvalue weighted by molar-refractivity contribution is 0.245. The number of rotatable bonds is 4. The van der Waals surface area contributed by atoms with Crippen molar-refractivity contribution in [1.82, 2.24) is 18.8 Å². The summed E-state index contributed by atoms with van der Waals surface area (Å²) in [5.74, 6) is -1.01. The van der Waals surface area contributed by atoms with Crippen LogP contribution in [-0.4, -0.2) is 40.3 Å². The summed E-state index contributed by atoms with van der Waals surface area (Å²) >= 11 is 0. The Morgan fingerprint density at radius 3 is 2.86 bits per heavy atom. The van der Waals surface area contributed by atoms with Crippen LogP contribution in [0.15, 0.2) is 41.4 Å². The van der Waals surface area contributed by atoms with E-state index >= 15 is 0 Å². The molecule has 6 nitrogen and oxygen atoms in total. The Hall–Kier alpha value is -2.39. The molecule has 4 rings (SSSR count). The topological polar surface area (TPSA) is 68.1 Å². The molecule has 0 radical (unpaired) electrons. The van der Waals surface area contributed by atoms with Crippen molar-refractivity contribution in [3.63, 3.8) is 0 Å². The summed E-state index contributed by atoms with van der Waals surface area (Å²) in [5.41, 5.74) is 1.57. The third-order valence-corrected chi connectivity index (χ3v) is 7.03. The van der Waals surface area contributed by atoms with E-state index in [-0.39, 0.29) is 12.5 Å². The second-order valence-corrected chi connectivity index (χ2v) is 8.97. The van der Waals surface area contributed by atoms with Gasteiger partial charge in [-0.15, -0.1) is 0 Å². The van der Waals surface area contributed by atoms with Gasteiger partial charge in [0.1, 0.15) is 27.9 Å². The molecule has 0 bridgehead atoms. The highest BCUT2D eigenvalue weighted by atomic mass is 32.2. The number of piperidine rings is 1. The third-order valence-electron chi connectivity index (χ3n) is 5.13. The van der Waals surface area contributed by atoms with Crippen molar-refractivity contribution in [2.45, 2.75) is 31.2 Å². The van der Waals surface area contributed by atoms with Crippen molar-refractivity contribution in [2.24, 2.45) is 5.92 Å². The van der Waals surface area contributed by atoms with Crippen LogP contribution in [0.1, 0.15) is 18.7 Å². The van der Waals surface area contributed by atoms with E-state index in [2.05, 4.69) is 9.97 Å². The van der Waals surface area contributed by atoms with E-state index < -0.39 is 26.6 Å². The van der Waals surface area contributed by atoms with Crippen LogP contribution in [0.25, 0.3) is 11.2 Å². The summed E-state index contributed by atoms with van der Waals surface area (Å²) in [5, 5.41) is 0. The number of benzene rings is 1. The van der Waals surface area contributed by atoms with E-state index in [0.29, 0.717) is 25.6 Å². The van der Waals surface area contributed by atoms with Crippen molar-refractivity contribution in [1.29, 1.82) is 0 Å². The molecular formula is C19H20F2N4O2S. The van der Waals surface area contributed by atoms with E-state index in [1.165, 1.54) is 4.31 Å². The molecule has 9 heteroatoms. The normalized spacial score (nSPS) is 18.6. The number of aryl methyl sites for hydroxylation is 1. The van der Waals surface area contributed by atoms with Crippen molar-refractivity contribution in [2.75, 3.05) is 13.1 Å². The molecule has 0 amide bonds. The van der Waals surface area contributed by atoms with Crippen LogP contribution in [0.4, 0.5) is 8.78 Å². The molecule has 3 heterocycles. The summed E-state index contributed by atoms with van der Waals surface area (Å²) in [6.45, 7) is 3.06. The quantitative estimate of drug-likeness (QED) is 0.668. The number of aromatic nitrogens is 3. The molecule has 1 fully saturated rings. The Bertz CT molecular complexity index is 1130. The molecule has 3 aromatic rings. The first-order chi connectivity index (χ1) is 13.4. The smallest absolute Gasteiger partial charge is 0.245 e. The van der Waals surface area contributed by atoms with Gasteiger partial charge in [0.2, 0.25) is 10.0 Å². The first kappa shape index (κ1) is 18.9. The number of imidazole rings is 1. The number of pyridine rings is 1. The lowest BCUT2D eigenvalue weighted by Crippen LogP contribution is -2.41. The Morgan fingerprint density at radius 2 is 2.07 bits per heavy atom. The Labute approximate surface area is 161 Å². The molecule has 1 aliphatic rings. The minimum Gasteiger partial charge on any atom is -0.313 e. The van der Waals surface area contributed by atoms with Gasteiger partial charge in [0.05, 0.1) is 0 Å². The second-order valence-electron chi connectivity index (χ2n) is 7.06. The number of fused-ring (bicyclic) bond motifs is 1. The van der Waals surface area contributed by atoms with Gasteiger partial charge in [-0.1, -0.05) is 0 Å². The predicted molar refractivity (Wildman–Crippen MR) is 100 cm³/mol. The Morgan fingerprint density at radius 1 is 1.25 bits per heavy atom. The lowest BCUT2D eigenvalue weighted by Gasteiger charge is -2.32. The SMILES string of the molecule is Cc1nc2cccnc2n1CC1CCCN(S(=O)(=O)c2ccc(F)cc2F)C1. The highest BCUT2D eigenvalue weighted by Crippen LogP contribution is 2.27. The number of hydrogen-bond donors (Lipinski definition) is 0. The van der Waals surface area contributed by atoms with Crippen molar-refractivity contribution in [3.05, 3.63) is 54.0 Å². The second kappa shape index (κ2) is 7.21. The van der Waals surface area contributed by atoms with Crippen LogP contribution in [0.5, 0.6) is 0 Å². The molecule has 0 spiro atoms. The van der Waals surface area contributed by atoms with Crippen LogP contribution in [0, 0.1) is 24.5 Å². The van der Waals surface area contributed by atoms with Crippen LogP contribution in [0.3, 0.4) is 0 Å². The van der Waals surface area contributed by atoms with Gasteiger partial charge in [-0.2, -0.15) is 4.31 Å². The molecule has 1 aromatic carbocycles. The zero-order valence-corrected chi connectivity index (χ0v) is 16.2. The van der Waals surface area contributed by atoms with Crippen LogP contribution >= 0.6 is 0 Å². The predicted octanol–water partition coefficient (Wildman–Crippen LogP) is 3.12. The molecule has 2 aromatic heterocycles. The van der Waals surface area contributed by atoms with Crippen LogP contribution in [-0.2, 0) is 16.6 Å². The average Bonchev–Trinajstić information content (AvgIpc) is 2.97. The highest BCUT2D eigenvalue weighted by Gasteiger charge is 2.32. The van der Waals surface area contributed by atoms with Crippen molar-refractivity contribution < 1.29 is 17.2 Å². The summed E-state index contributed by atoms with van der Waals surface area (Å²) in [7, 11) is -4.02. The maximum absolute atomic E-state index is 14.1. The molecule has 1 atom stereocenters. The largest absolute Gasteiger partial charge is 0.313 e. The molecule has 148 valence electrons. The maximum Gasteiger partial charge on any atom is 0.245 e.